The minimum absolute atomic E-state index is 0.0199. The highest BCUT2D eigenvalue weighted by molar-refractivity contribution is 6.00. The molecular formula is C21H24N4O2. The molecule has 0 radical (unpaired) electrons. The van der Waals surface area contributed by atoms with Gasteiger partial charge < -0.3 is 10.2 Å². The Morgan fingerprint density at radius 2 is 1.93 bits per heavy atom. The number of carbonyl (C=O) groups is 2. The van der Waals surface area contributed by atoms with E-state index in [1.165, 1.54) is 5.56 Å². The van der Waals surface area contributed by atoms with Crippen LogP contribution >= 0.6 is 0 Å². The summed E-state index contributed by atoms with van der Waals surface area (Å²) in [6.45, 7) is 5.88. The maximum absolute atomic E-state index is 12.9. The van der Waals surface area contributed by atoms with Crippen LogP contribution in [0.3, 0.4) is 0 Å². The maximum atomic E-state index is 12.9. The summed E-state index contributed by atoms with van der Waals surface area (Å²) in [6, 6.07) is 11.1. The number of nitrogens with zero attached hydrogens (tertiary/aromatic N) is 3. The van der Waals surface area contributed by atoms with Crippen LogP contribution < -0.4 is 5.32 Å². The Morgan fingerprint density at radius 1 is 1.15 bits per heavy atom. The highest BCUT2D eigenvalue weighted by atomic mass is 16.2. The normalized spacial score (nSPS) is 20.1. The monoisotopic (exact) mass is 364 g/mol. The van der Waals surface area contributed by atoms with Crippen molar-refractivity contribution in [1.82, 2.24) is 20.1 Å². The standard InChI is InChI=1S/C21H24N4O2/c1-15-5-4-8-22-19(15)14-24-9-11-25(12-10-24)21(27)18-13-16-6-2-3-7-17(16)20(26)23-18/h2-8,18H,9-14H2,1H3,(H,23,26)/t18-/m0/s1. The Bertz CT molecular complexity index is 859. The second-order valence-corrected chi connectivity index (χ2v) is 7.26. The quantitative estimate of drug-likeness (QED) is 0.894. The number of fused-ring (bicyclic) bond motifs is 1. The summed E-state index contributed by atoms with van der Waals surface area (Å²) in [5, 5.41) is 2.87. The number of hydrogen-bond acceptors (Lipinski definition) is 4. The molecule has 3 heterocycles. The van der Waals surface area contributed by atoms with E-state index < -0.39 is 6.04 Å². The molecule has 4 rings (SSSR count). The van der Waals surface area contributed by atoms with E-state index in [4.69, 9.17) is 0 Å². The third-order valence-electron chi connectivity index (χ3n) is 5.46. The first-order valence-electron chi connectivity index (χ1n) is 9.42. The van der Waals surface area contributed by atoms with Crippen molar-refractivity contribution in [3.63, 3.8) is 0 Å². The zero-order valence-corrected chi connectivity index (χ0v) is 15.5. The van der Waals surface area contributed by atoms with Gasteiger partial charge in [0, 0.05) is 50.9 Å². The average molecular weight is 364 g/mol. The summed E-state index contributed by atoms with van der Waals surface area (Å²) in [5.74, 6) is -0.133. The predicted molar refractivity (Wildman–Crippen MR) is 102 cm³/mol. The molecule has 1 fully saturated rings. The van der Waals surface area contributed by atoms with Gasteiger partial charge in [-0.1, -0.05) is 24.3 Å². The number of rotatable bonds is 3. The molecule has 2 aliphatic rings. The molecule has 0 spiro atoms. The topological polar surface area (TPSA) is 65.5 Å². The lowest BCUT2D eigenvalue weighted by molar-refractivity contribution is -0.135. The van der Waals surface area contributed by atoms with Gasteiger partial charge >= 0.3 is 0 Å². The first kappa shape index (κ1) is 17.7. The molecular weight excluding hydrogens is 340 g/mol. The minimum atomic E-state index is -0.461. The zero-order valence-electron chi connectivity index (χ0n) is 15.5. The third-order valence-corrected chi connectivity index (χ3v) is 5.46. The van der Waals surface area contributed by atoms with Crippen LogP contribution in [0, 0.1) is 6.92 Å². The van der Waals surface area contributed by atoms with Crippen molar-refractivity contribution in [3.05, 3.63) is 65.0 Å². The molecule has 0 saturated carbocycles. The number of aryl methyl sites for hydroxylation is 1. The van der Waals surface area contributed by atoms with Crippen molar-refractivity contribution < 1.29 is 9.59 Å². The number of carbonyl (C=O) groups excluding carboxylic acids is 2. The molecule has 0 unspecified atom stereocenters. The summed E-state index contributed by atoms with van der Waals surface area (Å²) in [7, 11) is 0. The van der Waals surface area contributed by atoms with Gasteiger partial charge in [0.05, 0.1) is 5.69 Å². The number of amides is 2. The van der Waals surface area contributed by atoms with Crippen LogP contribution in [0.5, 0.6) is 0 Å². The fourth-order valence-electron chi connectivity index (χ4n) is 3.82. The smallest absolute Gasteiger partial charge is 0.252 e. The predicted octanol–water partition coefficient (Wildman–Crippen LogP) is 1.39. The Labute approximate surface area is 159 Å². The number of nitrogens with one attached hydrogen (secondary N) is 1. The average Bonchev–Trinajstić information content (AvgIpc) is 2.70. The molecule has 1 atom stereocenters. The maximum Gasteiger partial charge on any atom is 0.252 e. The fourth-order valence-corrected chi connectivity index (χ4v) is 3.82. The van der Waals surface area contributed by atoms with Gasteiger partial charge in [-0.25, -0.2) is 0 Å². The first-order chi connectivity index (χ1) is 13.1. The van der Waals surface area contributed by atoms with Gasteiger partial charge in [-0.15, -0.1) is 0 Å². The lowest BCUT2D eigenvalue weighted by Crippen LogP contribution is -2.56. The summed E-state index contributed by atoms with van der Waals surface area (Å²) >= 11 is 0. The Balaban J connectivity index is 1.35. The minimum Gasteiger partial charge on any atom is -0.340 e. The lowest BCUT2D eigenvalue weighted by Gasteiger charge is -2.37. The summed E-state index contributed by atoms with van der Waals surface area (Å²) < 4.78 is 0. The van der Waals surface area contributed by atoms with Crippen LogP contribution in [0.2, 0.25) is 0 Å². The number of piperazine rings is 1. The van der Waals surface area contributed by atoms with Crippen LogP contribution in [0.25, 0.3) is 0 Å². The molecule has 27 heavy (non-hydrogen) atoms. The lowest BCUT2D eigenvalue weighted by atomic mass is 9.94. The molecule has 2 aliphatic heterocycles. The van der Waals surface area contributed by atoms with Gasteiger partial charge in [0.2, 0.25) is 5.91 Å². The molecule has 6 heteroatoms. The van der Waals surface area contributed by atoms with Crippen LogP contribution in [-0.2, 0) is 17.8 Å². The Kier molecular flexibility index (Phi) is 4.90. The molecule has 140 valence electrons. The van der Waals surface area contributed by atoms with Crippen LogP contribution in [0.15, 0.2) is 42.6 Å². The molecule has 2 amide bonds. The van der Waals surface area contributed by atoms with E-state index in [1.54, 1.807) is 0 Å². The van der Waals surface area contributed by atoms with Crippen molar-refractivity contribution in [3.8, 4) is 0 Å². The number of pyridine rings is 1. The fraction of sp³-hybridized carbons (Fsp3) is 0.381. The molecule has 1 aromatic heterocycles. The second kappa shape index (κ2) is 7.48. The number of aromatic nitrogens is 1. The van der Waals surface area contributed by atoms with Crippen molar-refractivity contribution in [2.45, 2.75) is 25.9 Å². The largest absolute Gasteiger partial charge is 0.340 e. The summed E-state index contributed by atoms with van der Waals surface area (Å²) in [5.41, 5.74) is 3.91. The van der Waals surface area contributed by atoms with E-state index in [2.05, 4.69) is 28.2 Å². The molecule has 1 saturated heterocycles. The van der Waals surface area contributed by atoms with Gasteiger partial charge in [0.25, 0.3) is 5.91 Å². The zero-order chi connectivity index (χ0) is 18.8. The molecule has 0 aliphatic carbocycles. The van der Waals surface area contributed by atoms with Crippen LogP contribution in [0.1, 0.15) is 27.2 Å². The van der Waals surface area contributed by atoms with Gasteiger partial charge in [0.15, 0.2) is 0 Å². The summed E-state index contributed by atoms with van der Waals surface area (Å²) in [6.07, 6.45) is 2.39. The van der Waals surface area contributed by atoms with E-state index >= 15 is 0 Å². The van der Waals surface area contributed by atoms with Crippen molar-refractivity contribution in [2.75, 3.05) is 26.2 Å². The van der Waals surface area contributed by atoms with Gasteiger partial charge in [-0.3, -0.25) is 19.5 Å². The van der Waals surface area contributed by atoms with Crippen molar-refractivity contribution in [2.24, 2.45) is 0 Å². The molecule has 6 nitrogen and oxygen atoms in total. The van der Waals surface area contributed by atoms with Crippen LogP contribution in [-0.4, -0.2) is 58.8 Å². The SMILES string of the molecule is Cc1cccnc1CN1CCN(C(=O)[C@@H]2Cc3ccccc3C(=O)N2)CC1. The van der Waals surface area contributed by atoms with Gasteiger partial charge in [-0.05, 0) is 30.2 Å². The summed E-state index contributed by atoms with van der Waals surface area (Å²) in [4.78, 5) is 33.8. The number of hydrogen-bond donors (Lipinski definition) is 1. The highest BCUT2D eigenvalue weighted by Crippen LogP contribution is 2.18. The third kappa shape index (κ3) is 3.71. The van der Waals surface area contributed by atoms with Crippen molar-refractivity contribution >= 4 is 11.8 Å². The second-order valence-electron chi connectivity index (χ2n) is 7.26. The molecule has 1 aromatic carbocycles. The molecule has 2 aromatic rings. The van der Waals surface area contributed by atoms with Crippen molar-refractivity contribution in [1.29, 1.82) is 0 Å². The van der Waals surface area contributed by atoms with E-state index in [-0.39, 0.29) is 11.8 Å². The highest BCUT2D eigenvalue weighted by Gasteiger charge is 2.33. The Morgan fingerprint density at radius 3 is 2.70 bits per heavy atom. The first-order valence-corrected chi connectivity index (χ1v) is 9.42. The van der Waals surface area contributed by atoms with Gasteiger partial charge in [0.1, 0.15) is 6.04 Å². The van der Waals surface area contributed by atoms with E-state index in [0.717, 1.165) is 30.9 Å². The Hall–Kier alpha value is -2.73. The number of benzene rings is 1. The van der Waals surface area contributed by atoms with Crippen LogP contribution in [0.4, 0.5) is 0 Å². The van der Waals surface area contributed by atoms with E-state index in [9.17, 15) is 9.59 Å². The molecule has 0 bridgehead atoms. The van der Waals surface area contributed by atoms with E-state index in [1.807, 2.05) is 41.4 Å². The van der Waals surface area contributed by atoms with Gasteiger partial charge in [-0.2, -0.15) is 0 Å². The molecule has 1 N–H and O–H groups in total. The van der Waals surface area contributed by atoms with E-state index in [0.29, 0.717) is 25.1 Å².